The van der Waals surface area contributed by atoms with Crippen LogP contribution in [0, 0.1) is 0 Å². The molecule has 11 heavy (non-hydrogen) atoms. The molecule has 0 atom stereocenters. The van der Waals surface area contributed by atoms with Crippen LogP contribution in [-0.4, -0.2) is 5.11 Å². The Morgan fingerprint density at radius 1 is 1.55 bits per heavy atom. The largest absolute Gasteiger partial charge is 0.462 e. The van der Waals surface area contributed by atoms with Crippen LogP contribution in [0.5, 0.6) is 0 Å². The van der Waals surface area contributed by atoms with Gasteiger partial charge in [-0.1, -0.05) is 0 Å². The lowest BCUT2D eigenvalue weighted by molar-refractivity contribution is 0.0529. The first-order valence-corrected chi connectivity index (χ1v) is 3.55. The second-order valence-corrected chi connectivity index (χ2v) is 3.03. The average Bonchev–Trinajstić information content (AvgIpc) is 2.32. The monoisotopic (exact) mass is 155 g/mol. The zero-order valence-electron chi connectivity index (χ0n) is 6.79. The highest BCUT2D eigenvalue weighted by Gasteiger charge is 2.19. The van der Waals surface area contributed by atoms with Crippen LogP contribution in [0.1, 0.15) is 25.4 Å². The molecule has 1 rings (SSSR count). The first kappa shape index (κ1) is 8.30. The summed E-state index contributed by atoms with van der Waals surface area (Å²) in [5, 5.41) is 9.46. The van der Waals surface area contributed by atoms with E-state index in [1.54, 1.807) is 26.0 Å². The van der Waals surface area contributed by atoms with Gasteiger partial charge in [0, 0.05) is 0 Å². The Morgan fingerprint density at radius 3 is 2.45 bits per heavy atom. The average molecular weight is 155 g/mol. The van der Waals surface area contributed by atoms with Crippen molar-refractivity contribution in [2.75, 3.05) is 0 Å². The summed E-state index contributed by atoms with van der Waals surface area (Å²) in [6.07, 6.45) is 0. The van der Waals surface area contributed by atoms with Crippen LogP contribution in [0.25, 0.3) is 0 Å². The topological polar surface area (TPSA) is 59.4 Å². The van der Waals surface area contributed by atoms with E-state index in [0.29, 0.717) is 18.1 Å². The minimum Gasteiger partial charge on any atom is -0.462 e. The predicted molar refractivity (Wildman–Crippen MR) is 41.8 cm³/mol. The maximum Gasteiger partial charge on any atom is 0.135 e. The molecule has 0 radical (unpaired) electrons. The first-order chi connectivity index (χ1) is 5.04. The van der Waals surface area contributed by atoms with E-state index in [1.165, 1.54) is 0 Å². The number of furan rings is 1. The summed E-state index contributed by atoms with van der Waals surface area (Å²) in [5.41, 5.74) is 4.42. The van der Waals surface area contributed by atoms with Crippen LogP contribution in [0.2, 0.25) is 0 Å². The fourth-order valence-electron chi connectivity index (χ4n) is 0.816. The number of hydrogen-bond acceptors (Lipinski definition) is 3. The van der Waals surface area contributed by atoms with Gasteiger partial charge in [0.2, 0.25) is 0 Å². The molecule has 0 aliphatic rings. The van der Waals surface area contributed by atoms with Gasteiger partial charge in [-0.25, -0.2) is 0 Å². The molecule has 0 amide bonds. The summed E-state index contributed by atoms with van der Waals surface area (Å²) >= 11 is 0. The van der Waals surface area contributed by atoms with Crippen LogP contribution in [0.4, 0.5) is 0 Å². The summed E-state index contributed by atoms with van der Waals surface area (Å²) in [4.78, 5) is 0. The molecule has 62 valence electrons. The predicted octanol–water partition coefficient (Wildman–Crippen LogP) is 0.966. The minimum atomic E-state index is -0.909. The number of hydrogen-bond donors (Lipinski definition) is 2. The zero-order valence-corrected chi connectivity index (χ0v) is 6.79. The van der Waals surface area contributed by atoms with E-state index >= 15 is 0 Å². The van der Waals surface area contributed by atoms with Gasteiger partial charge in [0.05, 0.1) is 6.54 Å². The summed E-state index contributed by atoms with van der Waals surface area (Å²) in [7, 11) is 0. The number of aliphatic hydroxyl groups is 1. The molecule has 3 nitrogen and oxygen atoms in total. The van der Waals surface area contributed by atoms with Crippen LogP contribution < -0.4 is 5.73 Å². The fourth-order valence-corrected chi connectivity index (χ4v) is 0.816. The lowest BCUT2D eigenvalue weighted by Crippen LogP contribution is -2.13. The molecule has 0 unspecified atom stereocenters. The second kappa shape index (κ2) is 2.68. The molecule has 3 N–H and O–H groups in total. The van der Waals surface area contributed by atoms with Crippen molar-refractivity contribution < 1.29 is 9.52 Å². The summed E-state index contributed by atoms with van der Waals surface area (Å²) in [6, 6.07) is 3.51. The Morgan fingerprint density at radius 2 is 2.18 bits per heavy atom. The van der Waals surface area contributed by atoms with Gasteiger partial charge in [-0.3, -0.25) is 0 Å². The molecule has 0 spiro atoms. The molecule has 0 bridgehead atoms. The SMILES string of the molecule is CC(C)(O)c1ccc(CN)o1. The van der Waals surface area contributed by atoms with E-state index in [9.17, 15) is 5.11 Å². The molecule has 0 aliphatic carbocycles. The molecule has 0 saturated heterocycles. The van der Waals surface area contributed by atoms with Gasteiger partial charge in [-0.15, -0.1) is 0 Å². The van der Waals surface area contributed by atoms with Crippen LogP contribution in [0.15, 0.2) is 16.5 Å². The normalized spacial score (nSPS) is 12.0. The highest BCUT2D eigenvalue weighted by atomic mass is 16.4. The Kier molecular flexibility index (Phi) is 2.02. The third-order valence-corrected chi connectivity index (χ3v) is 1.47. The zero-order chi connectivity index (χ0) is 8.48. The van der Waals surface area contributed by atoms with Gasteiger partial charge in [-0.2, -0.15) is 0 Å². The van der Waals surface area contributed by atoms with Gasteiger partial charge >= 0.3 is 0 Å². The maximum atomic E-state index is 9.46. The molecule has 1 aromatic rings. The third kappa shape index (κ3) is 1.82. The lowest BCUT2D eigenvalue weighted by Gasteiger charge is -2.12. The van der Waals surface area contributed by atoms with E-state index < -0.39 is 5.60 Å². The van der Waals surface area contributed by atoms with E-state index in [1.807, 2.05) is 0 Å². The molecule has 1 aromatic heterocycles. The van der Waals surface area contributed by atoms with Crippen molar-refractivity contribution in [3.63, 3.8) is 0 Å². The smallest absolute Gasteiger partial charge is 0.135 e. The molecular weight excluding hydrogens is 142 g/mol. The molecule has 0 aliphatic heterocycles. The maximum absolute atomic E-state index is 9.46. The van der Waals surface area contributed by atoms with Crippen molar-refractivity contribution in [2.24, 2.45) is 5.73 Å². The Bertz CT molecular complexity index is 234. The van der Waals surface area contributed by atoms with Crippen LogP contribution in [0.3, 0.4) is 0 Å². The van der Waals surface area contributed by atoms with Gasteiger partial charge in [0.25, 0.3) is 0 Å². The Labute approximate surface area is 65.8 Å². The van der Waals surface area contributed by atoms with Crippen molar-refractivity contribution in [3.05, 3.63) is 23.7 Å². The first-order valence-electron chi connectivity index (χ1n) is 3.55. The van der Waals surface area contributed by atoms with Crippen LogP contribution >= 0.6 is 0 Å². The standard InChI is InChI=1S/C8H13NO2/c1-8(2,10)7-4-3-6(5-9)11-7/h3-4,10H,5,9H2,1-2H3. The third-order valence-electron chi connectivity index (χ3n) is 1.47. The molecule has 1 heterocycles. The van der Waals surface area contributed by atoms with Gasteiger partial charge in [0.1, 0.15) is 17.1 Å². The highest BCUT2D eigenvalue weighted by molar-refractivity contribution is 5.11. The van der Waals surface area contributed by atoms with Gasteiger partial charge < -0.3 is 15.3 Å². The van der Waals surface area contributed by atoms with Crippen molar-refractivity contribution in [2.45, 2.75) is 26.0 Å². The molecule has 3 heteroatoms. The highest BCUT2D eigenvalue weighted by Crippen LogP contribution is 2.21. The van der Waals surface area contributed by atoms with Gasteiger partial charge in [0.15, 0.2) is 0 Å². The van der Waals surface area contributed by atoms with Crippen molar-refractivity contribution in [1.29, 1.82) is 0 Å². The number of nitrogens with two attached hydrogens (primary N) is 1. The minimum absolute atomic E-state index is 0.371. The summed E-state index contributed by atoms with van der Waals surface area (Å²) < 4.78 is 5.22. The lowest BCUT2D eigenvalue weighted by atomic mass is 10.1. The molecular formula is C8H13NO2. The van der Waals surface area contributed by atoms with Crippen molar-refractivity contribution in [3.8, 4) is 0 Å². The van der Waals surface area contributed by atoms with E-state index in [2.05, 4.69) is 0 Å². The molecule has 0 aromatic carbocycles. The number of rotatable bonds is 2. The molecule has 0 fully saturated rings. The molecule has 0 saturated carbocycles. The van der Waals surface area contributed by atoms with Crippen molar-refractivity contribution >= 4 is 0 Å². The van der Waals surface area contributed by atoms with Crippen molar-refractivity contribution in [1.82, 2.24) is 0 Å². The van der Waals surface area contributed by atoms with E-state index in [-0.39, 0.29) is 0 Å². The van der Waals surface area contributed by atoms with E-state index in [4.69, 9.17) is 10.2 Å². The van der Waals surface area contributed by atoms with E-state index in [0.717, 1.165) is 0 Å². The van der Waals surface area contributed by atoms with Crippen LogP contribution in [-0.2, 0) is 12.1 Å². The summed E-state index contributed by atoms with van der Waals surface area (Å²) in [5.74, 6) is 1.25. The fraction of sp³-hybridized carbons (Fsp3) is 0.500. The van der Waals surface area contributed by atoms with Gasteiger partial charge in [-0.05, 0) is 26.0 Å². The Hall–Kier alpha value is -0.800. The summed E-state index contributed by atoms with van der Waals surface area (Å²) in [6.45, 7) is 3.72. The second-order valence-electron chi connectivity index (χ2n) is 3.03. The quantitative estimate of drug-likeness (QED) is 0.669. The Balaban J connectivity index is 2.89.